The van der Waals surface area contributed by atoms with E-state index in [1.165, 1.54) is 24.5 Å². The average molecular weight is 380 g/mol. The van der Waals surface area contributed by atoms with Crippen LogP contribution >= 0.6 is 0 Å². The predicted molar refractivity (Wildman–Crippen MR) is 106 cm³/mol. The highest BCUT2D eigenvalue weighted by Crippen LogP contribution is 2.16. The summed E-state index contributed by atoms with van der Waals surface area (Å²) in [5.41, 5.74) is 2.04. The zero-order chi connectivity index (χ0) is 19.8. The van der Waals surface area contributed by atoms with Gasteiger partial charge in [-0.05, 0) is 55.3 Å². The third-order valence-corrected chi connectivity index (χ3v) is 3.95. The first-order valence-electron chi connectivity index (χ1n) is 8.98. The lowest BCUT2D eigenvalue weighted by atomic mass is 10.1. The summed E-state index contributed by atoms with van der Waals surface area (Å²) in [5.74, 6) is 0.640. The molecule has 0 saturated heterocycles. The summed E-state index contributed by atoms with van der Waals surface area (Å²) >= 11 is 0. The zero-order valence-electron chi connectivity index (χ0n) is 15.5. The van der Waals surface area contributed by atoms with Crippen LogP contribution in [-0.4, -0.2) is 29.0 Å². The van der Waals surface area contributed by atoms with Crippen molar-refractivity contribution in [2.75, 3.05) is 23.8 Å². The second-order valence-electron chi connectivity index (χ2n) is 6.01. The van der Waals surface area contributed by atoms with Crippen molar-refractivity contribution < 1.29 is 13.9 Å². The fourth-order valence-electron chi connectivity index (χ4n) is 2.51. The van der Waals surface area contributed by atoms with Crippen molar-refractivity contribution in [2.24, 2.45) is 0 Å². The molecule has 3 aromatic rings. The summed E-state index contributed by atoms with van der Waals surface area (Å²) in [6.07, 6.45) is 3.65. The maximum Gasteiger partial charge on any atom is 0.258 e. The molecular weight excluding hydrogens is 359 g/mol. The van der Waals surface area contributed by atoms with Crippen LogP contribution in [0.15, 0.2) is 60.9 Å². The van der Waals surface area contributed by atoms with Crippen LogP contribution in [-0.2, 0) is 6.42 Å². The first-order chi connectivity index (χ1) is 13.6. The van der Waals surface area contributed by atoms with Gasteiger partial charge in [0.05, 0.1) is 12.2 Å². The number of aromatic nitrogens is 2. The molecule has 0 aliphatic heterocycles. The number of rotatable bonds is 8. The summed E-state index contributed by atoms with van der Waals surface area (Å²) in [7, 11) is 0. The van der Waals surface area contributed by atoms with E-state index in [4.69, 9.17) is 4.74 Å². The number of anilines is 2. The summed E-state index contributed by atoms with van der Waals surface area (Å²) in [6, 6.07) is 13.5. The van der Waals surface area contributed by atoms with Gasteiger partial charge in [-0.25, -0.2) is 14.4 Å². The number of nitrogens with one attached hydrogen (secondary N) is 2. The van der Waals surface area contributed by atoms with Gasteiger partial charge in [0.15, 0.2) is 0 Å². The SMILES string of the molecule is CCOc1ccc(NC(=O)c2cnc(NCCc3ccc(F)cc3)nc2)cc1. The van der Waals surface area contributed by atoms with E-state index in [-0.39, 0.29) is 11.7 Å². The van der Waals surface area contributed by atoms with Crippen molar-refractivity contribution in [1.29, 1.82) is 0 Å². The van der Waals surface area contributed by atoms with E-state index in [1.54, 1.807) is 36.4 Å². The van der Waals surface area contributed by atoms with Crippen LogP contribution in [0.4, 0.5) is 16.0 Å². The Morgan fingerprint density at radius 1 is 1.04 bits per heavy atom. The lowest BCUT2D eigenvalue weighted by molar-refractivity contribution is 0.102. The molecule has 7 heteroatoms. The molecule has 1 amide bonds. The number of benzene rings is 2. The molecule has 3 rings (SSSR count). The lowest BCUT2D eigenvalue weighted by Crippen LogP contribution is -2.14. The largest absolute Gasteiger partial charge is 0.494 e. The second-order valence-corrected chi connectivity index (χ2v) is 6.01. The quantitative estimate of drug-likeness (QED) is 0.619. The van der Waals surface area contributed by atoms with Gasteiger partial charge in [0, 0.05) is 24.6 Å². The number of carbonyl (C=O) groups excluding carboxylic acids is 1. The molecule has 0 saturated carbocycles. The van der Waals surface area contributed by atoms with Crippen LogP contribution in [0, 0.1) is 5.82 Å². The number of nitrogens with zero attached hydrogens (tertiary/aromatic N) is 2. The van der Waals surface area contributed by atoms with Gasteiger partial charge in [-0.2, -0.15) is 0 Å². The third-order valence-electron chi connectivity index (χ3n) is 3.95. The second kappa shape index (κ2) is 9.45. The molecule has 0 fully saturated rings. The van der Waals surface area contributed by atoms with Crippen molar-refractivity contribution in [3.05, 3.63) is 77.9 Å². The predicted octanol–water partition coefficient (Wildman–Crippen LogP) is 3.92. The van der Waals surface area contributed by atoms with Gasteiger partial charge in [0.1, 0.15) is 11.6 Å². The van der Waals surface area contributed by atoms with Gasteiger partial charge in [0.25, 0.3) is 5.91 Å². The Labute approximate surface area is 162 Å². The van der Waals surface area contributed by atoms with Gasteiger partial charge in [-0.1, -0.05) is 12.1 Å². The molecule has 2 N–H and O–H groups in total. The highest BCUT2D eigenvalue weighted by molar-refractivity contribution is 6.03. The molecule has 6 nitrogen and oxygen atoms in total. The van der Waals surface area contributed by atoms with Crippen molar-refractivity contribution in [1.82, 2.24) is 9.97 Å². The van der Waals surface area contributed by atoms with Crippen molar-refractivity contribution >= 4 is 17.5 Å². The fourth-order valence-corrected chi connectivity index (χ4v) is 2.51. The number of hydrogen-bond donors (Lipinski definition) is 2. The Balaban J connectivity index is 1.50. The normalized spacial score (nSPS) is 10.4. The van der Waals surface area contributed by atoms with E-state index in [2.05, 4.69) is 20.6 Å². The summed E-state index contributed by atoms with van der Waals surface area (Å²) in [6.45, 7) is 3.10. The van der Waals surface area contributed by atoms with E-state index < -0.39 is 0 Å². The van der Waals surface area contributed by atoms with Gasteiger partial charge >= 0.3 is 0 Å². The van der Waals surface area contributed by atoms with Gasteiger partial charge < -0.3 is 15.4 Å². The average Bonchev–Trinajstić information content (AvgIpc) is 2.72. The lowest BCUT2D eigenvalue weighted by Gasteiger charge is -2.08. The van der Waals surface area contributed by atoms with E-state index in [0.717, 1.165) is 11.3 Å². The highest BCUT2D eigenvalue weighted by Gasteiger charge is 2.08. The maximum absolute atomic E-state index is 12.9. The minimum absolute atomic E-state index is 0.251. The molecule has 0 aliphatic carbocycles. The summed E-state index contributed by atoms with van der Waals surface area (Å²) in [5, 5.41) is 5.87. The van der Waals surface area contributed by atoms with E-state index in [0.29, 0.717) is 36.8 Å². The molecular formula is C21H21FN4O2. The third kappa shape index (κ3) is 5.51. The minimum Gasteiger partial charge on any atom is -0.494 e. The van der Waals surface area contributed by atoms with Gasteiger partial charge in [-0.15, -0.1) is 0 Å². The van der Waals surface area contributed by atoms with Crippen molar-refractivity contribution in [3.63, 3.8) is 0 Å². The molecule has 0 aliphatic rings. The molecule has 0 atom stereocenters. The molecule has 28 heavy (non-hydrogen) atoms. The van der Waals surface area contributed by atoms with Gasteiger partial charge in [0.2, 0.25) is 5.95 Å². The molecule has 0 unspecified atom stereocenters. The number of halogens is 1. The Morgan fingerprint density at radius 2 is 1.71 bits per heavy atom. The number of hydrogen-bond acceptors (Lipinski definition) is 5. The smallest absolute Gasteiger partial charge is 0.258 e. The number of ether oxygens (including phenoxy) is 1. The first kappa shape index (κ1) is 19.3. The molecule has 0 radical (unpaired) electrons. The highest BCUT2D eigenvalue weighted by atomic mass is 19.1. The zero-order valence-corrected chi connectivity index (χ0v) is 15.5. The van der Waals surface area contributed by atoms with Crippen molar-refractivity contribution in [2.45, 2.75) is 13.3 Å². The van der Waals surface area contributed by atoms with E-state index >= 15 is 0 Å². The molecule has 144 valence electrons. The van der Waals surface area contributed by atoms with Crippen LogP contribution in [0.1, 0.15) is 22.8 Å². The summed E-state index contributed by atoms with van der Waals surface area (Å²) < 4.78 is 18.3. The maximum atomic E-state index is 12.9. The van der Waals surface area contributed by atoms with E-state index in [9.17, 15) is 9.18 Å². The number of amides is 1. The van der Waals surface area contributed by atoms with Crippen LogP contribution in [0.2, 0.25) is 0 Å². The monoisotopic (exact) mass is 380 g/mol. The fraction of sp³-hybridized carbons (Fsp3) is 0.190. The Bertz CT molecular complexity index is 897. The molecule has 1 aromatic heterocycles. The Hall–Kier alpha value is -3.48. The van der Waals surface area contributed by atoms with Crippen LogP contribution < -0.4 is 15.4 Å². The first-order valence-corrected chi connectivity index (χ1v) is 8.98. The Kier molecular flexibility index (Phi) is 6.51. The summed E-state index contributed by atoms with van der Waals surface area (Å²) in [4.78, 5) is 20.6. The van der Waals surface area contributed by atoms with E-state index in [1.807, 2.05) is 6.92 Å². The molecule has 2 aromatic carbocycles. The van der Waals surface area contributed by atoms with Gasteiger partial charge in [-0.3, -0.25) is 4.79 Å². The topological polar surface area (TPSA) is 76.1 Å². The minimum atomic E-state index is -0.290. The van der Waals surface area contributed by atoms with Crippen LogP contribution in [0.5, 0.6) is 5.75 Å². The standard InChI is InChI=1S/C21H21FN4O2/c1-2-28-19-9-7-18(8-10-19)26-20(27)16-13-24-21(25-14-16)23-12-11-15-3-5-17(22)6-4-15/h3-10,13-14H,2,11-12H2,1H3,(H,26,27)(H,23,24,25). The van der Waals surface area contributed by atoms with Crippen molar-refractivity contribution in [3.8, 4) is 5.75 Å². The Morgan fingerprint density at radius 3 is 2.36 bits per heavy atom. The molecule has 0 bridgehead atoms. The number of carbonyl (C=O) groups is 1. The van der Waals surface area contributed by atoms with Crippen LogP contribution in [0.25, 0.3) is 0 Å². The van der Waals surface area contributed by atoms with Crippen LogP contribution in [0.3, 0.4) is 0 Å². The molecule has 1 heterocycles. The molecule has 0 spiro atoms.